The standard InChI is InChI=1S/C13H23NOS2/c1-4-8-14-12(11(3)5-2)10-17(15)13-7-6-9-16-13/h6-7,9,11-12,14H,4-5,8,10H2,1-3H3. The lowest BCUT2D eigenvalue weighted by Gasteiger charge is -2.23. The van der Waals surface area contributed by atoms with Crippen LogP contribution in [0.5, 0.6) is 0 Å². The van der Waals surface area contributed by atoms with Crippen molar-refractivity contribution >= 4 is 22.1 Å². The van der Waals surface area contributed by atoms with Gasteiger partial charge in [0.15, 0.2) is 0 Å². The molecular weight excluding hydrogens is 250 g/mol. The molecule has 1 aromatic heterocycles. The molecule has 3 atom stereocenters. The Morgan fingerprint density at radius 1 is 1.47 bits per heavy atom. The topological polar surface area (TPSA) is 29.1 Å². The van der Waals surface area contributed by atoms with Crippen LogP contribution < -0.4 is 5.32 Å². The summed E-state index contributed by atoms with van der Waals surface area (Å²) in [5.74, 6) is 1.31. The molecule has 0 aliphatic carbocycles. The van der Waals surface area contributed by atoms with E-state index in [0.717, 1.165) is 29.3 Å². The van der Waals surface area contributed by atoms with Crippen LogP contribution in [0.1, 0.15) is 33.6 Å². The Morgan fingerprint density at radius 2 is 2.24 bits per heavy atom. The van der Waals surface area contributed by atoms with Gasteiger partial charge in [0.25, 0.3) is 0 Å². The molecule has 4 heteroatoms. The van der Waals surface area contributed by atoms with E-state index >= 15 is 0 Å². The van der Waals surface area contributed by atoms with Crippen LogP contribution >= 0.6 is 11.3 Å². The Balaban J connectivity index is 2.56. The van der Waals surface area contributed by atoms with Gasteiger partial charge in [-0.15, -0.1) is 11.3 Å². The van der Waals surface area contributed by atoms with E-state index in [-0.39, 0.29) is 0 Å². The quantitative estimate of drug-likeness (QED) is 0.787. The third-order valence-corrected chi connectivity index (χ3v) is 5.79. The molecule has 1 heterocycles. The minimum Gasteiger partial charge on any atom is -0.313 e. The molecular formula is C13H23NOS2. The van der Waals surface area contributed by atoms with Gasteiger partial charge in [0.2, 0.25) is 0 Å². The van der Waals surface area contributed by atoms with E-state index in [1.807, 2.05) is 17.5 Å². The molecule has 0 saturated carbocycles. The molecule has 0 aliphatic rings. The monoisotopic (exact) mass is 273 g/mol. The van der Waals surface area contributed by atoms with Crippen LogP contribution in [0.15, 0.2) is 21.7 Å². The molecule has 0 aliphatic heterocycles. The summed E-state index contributed by atoms with van der Waals surface area (Å²) >= 11 is 1.59. The Bertz CT molecular complexity index is 324. The summed E-state index contributed by atoms with van der Waals surface area (Å²) in [6, 6.07) is 4.30. The normalized spacial score (nSPS) is 16.6. The lowest BCUT2D eigenvalue weighted by atomic mass is 10.0. The highest BCUT2D eigenvalue weighted by atomic mass is 32.2. The summed E-state index contributed by atoms with van der Waals surface area (Å²) in [4.78, 5) is 0. The molecule has 0 aromatic carbocycles. The maximum Gasteiger partial charge on any atom is 0.0911 e. The van der Waals surface area contributed by atoms with Crippen molar-refractivity contribution < 1.29 is 4.21 Å². The van der Waals surface area contributed by atoms with Gasteiger partial charge in [0.05, 0.1) is 15.0 Å². The fraction of sp³-hybridized carbons (Fsp3) is 0.692. The predicted molar refractivity (Wildman–Crippen MR) is 77.1 cm³/mol. The minimum absolute atomic E-state index is 0.364. The van der Waals surface area contributed by atoms with E-state index < -0.39 is 10.8 Å². The molecule has 2 nitrogen and oxygen atoms in total. The van der Waals surface area contributed by atoms with Crippen LogP contribution in [0.4, 0.5) is 0 Å². The van der Waals surface area contributed by atoms with Gasteiger partial charge in [-0.05, 0) is 30.3 Å². The van der Waals surface area contributed by atoms with Gasteiger partial charge in [-0.1, -0.05) is 33.3 Å². The first-order valence-corrected chi connectivity index (χ1v) is 8.54. The van der Waals surface area contributed by atoms with Crippen molar-refractivity contribution in [3.8, 4) is 0 Å². The summed E-state index contributed by atoms with van der Waals surface area (Å²) < 4.78 is 13.2. The van der Waals surface area contributed by atoms with E-state index in [1.165, 1.54) is 0 Å². The summed E-state index contributed by atoms with van der Waals surface area (Å²) in [6.45, 7) is 7.60. The highest BCUT2D eigenvalue weighted by Crippen LogP contribution is 2.17. The van der Waals surface area contributed by atoms with Crippen molar-refractivity contribution in [2.75, 3.05) is 12.3 Å². The first-order valence-electron chi connectivity index (χ1n) is 6.34. The molecule has 0 amide bonds. The van der Waals surface area contributed by atoms with Crippen molar-refractivity contribution in [1.29, 1.82) is 0 Å². The molecule has 3 unspecified atom stereocenters. The zero-order valence-electron chi connectivity index (χ0n) is 10.9. The second-order valence-electron chi connectivity index (χ2n) is 4.39. The van der Waals surface area contributed by atoms with Crippen molar-refractivity contribution in [2.45, 2.75) is 43.9 Å². The summed E-state index contributed by atoms with van der Waals surface area (Å²) in [7, 11) is -0.852. The Morgan fingerprint density at radius 3 is 2.76 bits per heavy atom. The smallest absolute Gasteiger partial charge is 0.0911 e. The van der Waals surface area contributed by atoms with Crippen LogP contribution in [0.25, 0.3) is 0 Å². The third kappa shape index (κ3) is 4.90. The molecule has 0 radical (unpaired) electrons. The second-order valence-corrected chi connectivity index (χ2v) is 7.06. The lowest BCUT2D eigenvalue weighted by molar-refractivity contribution is 0.394. The van der Waals surface area contributed by atoms with Crippen molar-refractivity contribution in [3.63, 3.8) is 0 Å². The van der Waals surface area contributed by atoms with Gasteiger partial charge in [0.1, 0.15) is 0 Å². The van der Waals surface area contributed by atoms with E-state index in [4.69, 9.17) is 0 Å². The highest BCUT2D eigenvalue weighted by Gasteiger charge is 2.19. The molecule has 0 bridgehead atoms. The first kappa shape index (κ1) is 14.9. The van der Waals surface area contributed by atoms with E-state index in [2.05, 4.69) is 26.1 Å². The number of thiophene rings is 1. The maximum atomic E-state index is 12.2. The summed E-state index contributed by atoms with van der Waals surface area (Å²) in [5, 5.41) is 5.52. The Kier molecular flexibility index (Phi) is 7.00. The van der Waals surface area contributed by atoms with Crippen LogP contribution in [0.2, 0.25) is 0 Å². The summed E-state index contributed by atoms with van der Waals surface area (Å²) in [5.41, 5.74) is 0. The lowest BCUT2D eigenvalue weighted by Crippen LogP contribution is -2.39. The average molecular weight is 273 g/mol. The van der Waals surface area contributed by atoms with Crippen molar-refractivity contribution in [2.24, 2.45) is 5.92 Å². The Hall–Kier alpha value is -0.190. The largest absolute Gasteiger partial charge is 0.313 e. The number of nitrogens with one attached hydrogen (secondary N) is 1. The van der Waals surface area contributed by atoms with Gasteiger partial charge in [-0.2, -0.15) is 0 Å². The van der Waals surface area contributed by atoms with Crippen LogP contribution in [-0.2, 0) is 10.8 Å². The van der Waals surface area contributed by atoms with E-state index in [9.17, 15) is 4.21 Å². The van der Waals surface area contributed by atoms with Crippen LogP contribution in [0.3, 0.4) is 0 Å². The van der Waals surface area contributed by atoms with Crippen LogP contribution in [0, 0.1) is 5.92 Å². The van der Waals surface area contributed by atoms with Crippen molar-refractivity contribution in [3.05, 3.63) is 17.5 Å². The molecule has 0 fully saturated rings. The third-order valence-electron chi connectivity index (χ3n) is 3.04. The van der Waals surface area contributed by atoms with Gasteiger partial charge in [-0.3, -0.25) is 4.21 Å². The minimum atomic E-state index is -0.852. The second kappa shape index (κ2) is 8.01. The van der Waals surface area contributed by atoms with Gasteiger partial charge < -0.3 is 5.32 Å². The SMILES string of the molecule is CCCNC(CS(=O)c1cccs1)C(C)CC. The molecule has 17 heavy (non-hydrogen) atoms. The molecule has 1 rings (SSSR count). The van der Waals surface area contributed by atoms with E-state index in [1.54, 1.807) is 11.3 Å². The predicted octanol–water partition coefficient (Wildman–Crippen LogP) is 3.27. The first-order chi connectivity index (χ1) is 8.19. The van der Waals surface area contributed by atoms with E-state index in [0.29, 0.717) is 12.0 Å². The van der Waals surface area contributed by atoms with Gasteiger partial charge in [0, 0.05) is 11.8 Å². The zero-order valence-corrected chi connectivity index (χ0v) is 12.6. The fourth-order valence-corrected chi connectivity index (χ4v) is 4.09. The highest BCUT2D eigenvalue weighted by molar-refractivity contribution is 7.87. The molecule has 1 N–H and O–H groups in total. The molecule has 98 valence electrons. The number of rotatable bonds is 8. The number of hydrogen-bond donors (Lipinski definition) is 1. The maximum absolute atomic E-state index is 12.2. The summed E-state index contributed by atoms with van der Waals surface area (Å²) in [6.07, 6.45) is 2.25. The van der Waals surface area contributed by atoms with Gasteiger partial charge in [-0.25, -0.2) is 0 Å². The zero-order chi connectivity index (χ0) is 12.7. The molecule has 0 spiro atoms. The Labute approximate surface area is 111 Å². The molecule has 0 saturated heterocycles. The van der Waals surface area contributed by atoms with Crippen molar-refractivity contribution in [1.82, 2.24) is 5.32 Å². The van der Waals surface area contributed by atoms with Crippen LogP contribution in [-0.4, -0.2) is 22.5 Å². The van der Waals surface area contributed by atoms with Gasteiger partial charge >= 0.3 is 0 Å². The average Bonchev–Trinajstić information content (AvgIpc) is 2.87. The number of hydrogen-bond acceptors (Lipinski definition) is 3. The fourth-order valence-electron chi connectivity index (χ4n) is 1.68. The molecule has 1 aromatic rings.